The molecule has 5 nitrogen and oxygen atoms in total. The van der Waals surface area contributed by atoms with Crippen LogP contribution in [0.2, 0.25) is 0 Å². The van der Waals surface area contributed by atoms with Gasteiger partial charge in [0.05, 0.1) is 0 Å². The zero-order chi connectivity index (χ0) is 18.2. The van der Waals surface area contributed by atoms with E-state index in [-0.39, 0.29) is 24.6 Å². The molecule has 0 radical (unpaired) electrons. The highest BCUT2D eigenvalue weighted by Crippen LogP contribution is 2.13. The molecule has 3 rings (SSSR count). The van der Waals surface area contributed by atoms with Crippen molar-refractivity contribution in [3.63, 3.8) is 0 Å². The molecular formula is C21H24N2O3. The van der Waals surface area contributed by atoms with Crippen molar-refractivity contribution in [3.05, 3.63) is 71.8 Å². The van der Waals surface area contributed by atoms with Gasteiger partial charge in [-0.2, -0.15) is 0 Å². The molecule has 0 bridgehead atoms. The maximum absolute atomic E-state index is 12.4. The van der Waals surface area contributed by atoms with E-state index in [4.69, 9.17) is 4.74 Å². The molecular weight excluding hydrogens is 328 g/mol. The maximum Gasteiger partial charge on any atom is 0.410 e. The quantitative estimate of drug-likeness (QED) is 0.914. The number of amides is 2. The number of ether oxygens (including phenoxy) is 1. The monoisotopic (exact) mass is 352 g/mol. The summed E-state index contributed by atoms with van der Waals surface area (Å²) in [6, 6.07) is 18.7. The van der Waals surface area contributed by atoms with Gasteiger partial charge in [-0.15, -0.1) is 0 Å². The highest BCUT2D eigenvalue weighted by Gasteiger charge is 2.24. The Labute approximate surface area is 154 Å². The predicted octanol–water partition coefficient (Wildman–Crippen LogP) is 3.61. The number of likely N-dealkylation sites (tertiary alicyclic amines) is 1. The number of hydrogen-bond acceptors (Lipinski definition) is 3. The van der Waals surface area contributed by atoms with Crippen LogP contribution in [0, 0.1) is 0 Å². The standard InChI is InChI=1S/C21H24N2O3/c24-20(18-11-5-2-6-12-18)22-19-13-7-8-14-23(15-19)21(25)26-16-17-9-3-1-4-10-17/h1-6,9-12,19H,7-8,13-16H2,(H,22,24). The van der Waals surface area contributed by atoms with E-state index in [0.717, 1.165) is 24.8 Å². The van der Waals surface area contributed by atoms with Crippen molar-refractivity contribution in [2.45, 2.75) is 31.9 Å². The van der Waals surface area contributed by atoms with Gasteiger partial charge in [0.2, 0.25) is 0 Å². The number of carbonyl (C=O) groups excluding carboxylic acids is 2. The normalized spacial score (nSPS) is 17.2. The summed E-state index contributed by atoms with van der Waals surface area (Å²) in [7, 11) is 0. The van der Waals surface area contributed by atoms with Crippen molar-refractivity contribution >= 4 is 12.0 Å². The first-order chi connectivity index (χ1) is 12.7. The van der Waals surface area contributed by atoms with Gasteiger partial charge in [0.1, 0.15) is 6.61 Å². The third-order valence-electron chi connectivity index (χ3n) is 4.51. The molecule has 136 valence electrons. The minimum atomic E-state index is -0.324. The van der Waals surface area contributed by atoms with E-state index in [1.54, 1.807) is 17.0 Å². The van der Waals surface area contributed by atoms with Gasteiger partial charge in [-0.25, -0.2) is 4.79 Å². The van der Waals surface area contributed by atoms with Crippen LogP contribution in [0.5, 0.6) is 0 Å². The molecule has 0 spiro atoms. The maximum atomic E-state index is 12.4. The van der Waals surface area contributed by atoms with E-state index in [1.807, 2.05) is 48.5 Å². The van der Waals surface area contributed by atoms with Crippen LogP contribution in [0.4, 0.5) is 4.79 Å². The molecule has 1 aliphatic heterocycles. The molecule has 5 heteroatoms. The van der Waals surface area contributed by atoms with Gasteiger partial charge in [-0.3, -0.25) is 4.79 Å². The Hall–Kier alpha value is -2.82. The second-order valence-electron chi connectivity index (χ2n) is 6.52. The lowest BCUT2D eigenvalue weighted by atomic mass is 10.1. The Morgan fingerprint density at radius 1 is 1.00 bits per heavy atom. The van der Waals surface area contributed by atoms with Crippen molar-refractivity contribution in [2.75, 3.05) is 13.1 Å². The molecule has 26 heavy (non-hydrogen) atoms. The van der Waals surface area contributed by atoms with E-state index < -0.39 is 0 Å². The van der Waals surface area contributed by atoms with Crippen LogP contribution in [0.1, 0.15) is 35.2 Å². The number of hydrogen-bond donors (Lipinski definition) is 1. The number of rotatable bonds is 4. The summed E-state index contributed by atoms with van der Waals surface area (Å²) in [6.07, 6.45) is 2.43. The SMILES string of the molecule is O=C(NC1CCCCN(C(=O)OCc2ccccc2)C1)c1ccccc1. The molecule has 2 aromatic rings. The minimum Gasteiger partial charge on any atom is -0.445 e. The summed E-state index contributed by atoms with van der Waals surface area (Å²) in [5, 5.41) is 3.05. The summed E-state index contributed by atoms with van der Waals surface area (Å²) in [6.45, 7) is 1.40. The number of nitrogens with zero attached hydrogens (tertiary/aromatic N) is 1. The molecule has 1 unspecified atom stereocenters. The lowest BCUT2D eigenvalue weighted by Gasteiger charge is -2.24. The molecule has 0 saturated carbocycles. The molecule has 1 saturated heterocycles. The highest BCUT2D eigenvalue weighted by atomic mass is 16.6. The molecule has 1 heterocycles. The third-order valence-corrected chi connectivity index (χ3v) is 4.51. The lowest BCUT2D eigenvalue weighted by Crippen LogP contribution is -2.44. The average Bonchev–Trinajstić information content (AvgIpc) is 2.93. The summed E-state index contributed by atoms with van der Waals surface area (Å²) in [5.41, 5.74) is 1.60. The van der Waals surface area contributed by atoms with Crippen LogP contribution in [0.15, 0.2) is 60.7 Å². The van der Waals surface area contributed by atoms with Gasteiger partial charge in [0.25, 0.3) is 5.91 Å². The number of benzene rings is 2. The predicted molar refractivity (Wildman–Crippen MR) is 99.7 cm³/mol. The van der Waals surface area contributed by atoms with Crippen molar-refractivity contribution in [1.82, 2.24) is 10.2 Å². The van der Waals surface area contributed by atoms with Gasteiger partial charge in [-0.05, 0) is 37.0 Å². The largest absolute Gasteiger partial charge is 0.445 e. The Kier molecular flexibility index (Phi) is 6.25. The first kappa shape index (κ1) is 18.0. The Balaban J connectivity index is 1.54. The molecule has 1 fully saturated rings. The minimum absolute atomic E-state index is 0.0607. The fraction of sp³-hybridized carbons (Fsp3) is 0.333. The third kappa shape index (κ3) is 5.09. The first-order valence-corrected chi connectivity index (χ1v) is 9.04. The summed E-state index contributed by atoms with van der Waals surface area (Å²) in [5.74, 6) is -0.102. The van der Waals surface area contributed by atoms with E-state index in [1.165, 1.54) is 0 Å². The molecule has 1 atom stereocenters. The summed E-state index contributed by atoms with van der Waals surface area (Å²) >= 11 is 0. The van der Waals surface area contributed by atoms with Crippen molar-refractivity contribution in [3.8, 4) is 0 Å². The fourth-order valence-electron chi connectivity index (χ4n) is 3.09. The van der Waals surface area contributed by atoms with Crippen molar-refractivity contribution in [1.29, 1.82) is 0 Å². The van der Waals surface area contributed by atoms with E-state index in [0.29, 0.717) is 18.7 Å². The van der Waals surface area contributed by atoms with Crippen LogP contribution in [-0.2, 0) is 11.3 Å². The fourth-order valence-corrected chi connectivity index (χ4v) is 3.09. The molecule has 2 aromatic carbocycles. The molecule has 2 amide bonds. The Morgan fingerprint density at radius 2 is 1.69 bits per heavy atom. The topological polar surface area (TPSA) is 58.6 Å². The zero-order valence-electron chi connectivity index (χ0n) is 14.8. The van der Waals surface area contributed by atoms with E-state index >= 15 is 0 Å². The van der Waals surface area contributed by atoms with Gasteiger partial charge in [0, 0.05) is 24.7 Å². The van der Waals surface area contributed by atoms with Crippen LogP contribution < -0.4 is 5.32 Å². The van der Waals surface area contributed by atoms with E-state index in [2.05, 4.69) is 5.32 Å². The van der Waals surface area contributed by atoms with Gasteiger partial charge in [0.15, 0.2) is 0 Å². The molecule has 1 aliphatic rings. The Morgan fingerprint density at radius 3 is 2.42 bits per heavy atom. The van der Waals surface area contributed by atoms with E-state index in [9.17, 15) is 9.59 Å². The van der Waals surface area contributed by atoms with Crippen LogP contribution in [0.25, 0.3) is 0 Å². The zero-order valence-corrected chi connectivity index (χ0v) is 14.8. The summed E-state index contributed by atoms with van der Waals surface area (Å²) < 4.78 is 5.44. The molecule has 0 aromatic heterocycles. The second kappa shape index (κ2) is 9.04. The van der Waals surface area contributed by atoms with Crippen LogP contribution >= 0.6 is 0 Å². The Bertz CT molecular complexity index is 719. The van der Waals surface area contributed by atoms with Crippen LogP contribution in [-0.4, -0.2) is 36.0 Å². The number of nitrogens with one attached hydrogen (secondary N) is 1. The first-order valence-electron chi connectivity index (χ1n) is 9.04. The van der Waals surface area contributed by atoms with Gasteiger partial charge in [-0.1, -0.05) is 48.5 Å². The lowest BCUT2D eigenvalue weighted by molar-refractivity contribution is 0.0866. The number of carbonyl (C=O) groups is 2. The molecule has 0 aliphatic carbocycles. The van der Waals surface area contributed by atoms with Crippen molar-refractivity contribution < 1.29 is 14.3 Å². The smallest absolute Gasteiger partial charge is 0.410 e. The summed E-state index contributed by atoms with van der Waals surface area (Å²) in [4.78, 5) is 26.5. The molecule has 1 N–H and O–H groups in total. The average molecular weight is 352 g/mol. The van der Waals surface area contributed by atoms with Gasteiger partial charge >= 0.3 is 6.09 Å². The van der Waals surface area contributed by atoms with Gasteiger partial charge < -0.3 is 15.0 Å². The van der Waals surface area contributed by atoms with Crippen molar-refractivity contribution in [2.24, 2.45) is 0 Å². The highest BCUT2D eigenvalue weighted by molar-refractivity contribution is 5.94. The van der Waals surface area contributed by atoms with Crippen LogP contribution in [0.3, 0.4) is 0 Å². The second-order valence-corrected chi connectivity index (χ2v) is 6.52.